The van der Waals surface area contributed by atoms with Crippen molar-refractivity contribution in [2.24, 2.45) is 0 Å². The Hall–Kier alpha value is -2.29. The average Bonchev–Trinajstić information content (AvgIpc) is 2.55. The van der Waals surface area contributed by atoms with Crippen LogP contribution in [0.1, 0.15) is 35.3 Å². The number of hydrogen-bond acceptors (Lipinski definition) is 2. The van der Waals surface area contributed by atoms with Crippen LogP contribution in [-0.2, 0) is 12.8 Å². The van der Waals surface area contributed by atoms with Crippen LogP contribution in [0.25, 0.3) is 0 Å². The zero-order valence-electron chi connectivity index (χ0n) is 12.8. The second-order valence-corrected chi connectivity index (χ2v) is 4.84. The maximum absolute atomic E-state index is 12.4. The Morgan fingerprint density at radius 3 is 2.05 bits per heavy atom. The summed E-state index contributed by atoms with van der Waals surface area (Å²) in [6.45, 7) is 4.19. The fourth-order valence-electron chi connectivity index (χ4n) is 2.33. The van der Waals surface area contributed by atoms with E-state index >= 15 is 0 Å². The van der Waals surface area contributed by atoms with Gasteiger partial charge in [0.15, 0.2) is 0 Å². The van der Waals surface area contributed by atoms with Crippen LogP contribution in [0.2, 0.25) is 0 Å². The lowest BCUT2D eigenvalue weighted by atomic mass is 10.0. The molecule has 110 valence electrons. The SMILES string of the molecule is CCc1cccc(CC)c1NC(=O)c1ccc(OC)cc1. The summed E-state index contributed by atoms with van der Waals surface area (Å²) < 4.78 is 5.11. The predicted molar refractivity (Wildman–Crippen MR) is 86.1 cm³/mol. The van der Waals surface area contributed by atoms with Crippen molar-refractivity contribution in [3.63, 3.8) is 0 Å². The summed E-state index contributed by atoms with van der Waals surface area (Å²) in [6, 6.07) is 13.3. The third kappa shape index (κ3) is 3.43. The Balaban J connectivity index is 2.26. The standard InChI is InChI=1S/C18H21NO2/c1-4-13-7-6-8-14(5-2)17(13)19-18(20)15-9-11-16(21-3)12-10-15/h6-12H,4-5H2,1-3H3,(H,19,20). The number of ether oxygens (including phenoxy) is 1. The van der Waals surface area contributed by atoms with Crippen LogP contribution in [0.4, 0.5) is 5.69 Å². The Bertz CT molecular complexity index is 595. The van der Waals surface area contributed by atoms with E-state index in [0.29, 0.717) is 5.56 Å². The minimum absolute atomic E-state index is 0.0896. The molecule has 0 aliphatic carbocycles. The smallest absolute Gasteiger partial charge is 0.255 e. The van der Waals surface area contributed by atoms with Gasteiger partial charge in [-0.3, -0.25) is 4.79 Å². The van der Waals surface area contributed by atoms with E-state index in [-0.39, 0.29) is 5.91 Å². The van der Waals surface area contributed by atoms with Crippen LogP contribution in [0.15, 0.2) is 42.5 Å². The number of amides is 1. The van der Waals surface area contributed by atoms with Gasteiger partial charge in [-0.2, -0.15) is 0 Å². The number of rotatable bonds is 5. The van der Waals surface area contributed by atoms with Gasteiger partial charge in [0.1, 0.15) is 5.75 Å². The molecule has 0 saturated heterocycles. The van der Waals surface area contributed by atoms with Crippen molar-refractivity contribution in [3.05, 3.63) is 59.2 Å². The Labute approximate surface area is 126 Å². The van der Waals surface area contributed by atoms with E-state index in [4.69, 9.17) is 4.74 Å². The first-order valence-corrected chi connectivity index (χ1v) is 7.25. The number of benzene rings is 2. The lowest BCUT2D eigenvalue weighted by molar-refractivity contribution is 0.102. The van der Waals surface area contributed by atoms with Crippen LogP contribution in [0.3, 0.4) is 0 Å². The lowest BCUT2D eigenvalue weighted by Crippen LogP contribution is -2.14. The van der Waals surface area contributed by atoms with E-state index in [1.807, 2.05) is 6.07 Å². The van der Waals surface area contributed by atoms with Crippen molar-refractivity contribution in [1.82, 2.24) is 0 Å². The summed E-state index contributed by atoms with van der Waals surface area (Å²) in [6.07, 6.45) is 1.79. The van der Waals surface area contributed by atoms with Gasteiger partial charge in [-0.15, -0.1) is 0 Å². The van der Waals surface area contributed by atoms with Crippen molar-refractivity contribution in [1.29, 1.82) is 0 Å². The van der Waals surface area contributed by atoms with Crippen LogP contribution in [0, 0.1) is 0 Å². The highest BCUT2D eigenvalue weighted by molar-refractivity contribution is 6.05. The van der Waals surface area contributed by atoms with Crippen LogP contribution >= 0.6 is 0 Å². The number of hydrogen-bond donors (Lipinski definition) is 1. The maximum atomic E-state index is 12.4. The molecule has 0 unspecified atom stereocenters. The number of aryl methyl sites for hydroxylation is 2. The third-order valence-corrected chi connectivity index (χ3v) is 3.59. The highest BCUT2D eigenvalue weighted by Gasteiger charge is 2.11. The maximum Gasteiger partial charge on any atom is 0.255 e. The number of methoxy groups -OCH3 is 1. The van der Waals surface area contributed by atoms with Crippen molar-refractivity contribution in [2.45, 2.75) is 26.7 Å². The molecule has 1 amide bonds. The molecule has 0 aliphatic heterocycles. The third-order valence-electron chi connectivity index (χ3n) is 3.59. The molecule has 0 bridgehead atoms. The molecule has 0 aromatic heterocycles. The first-order chi connectivity index (χ1) is 10.2. The number of para-hydroxylation sites is 1. The number of nitrogens with one attached hydrogen (secondary N) is 1. The van der Waals surface area contributed by atoms with Gasteiger partial charge in [0.05, 0.1) is 7.11 Å². The van der Waals surface area contributed by atoms with Crippen molar-refractivity contribution in [2.75, 3.05) is 12.4 Å². The number of carbonyl (C=O) groups is 1. The van der Waals surface area contributed by atoms with Gasteiger partial charge in [0.25, 0.3) is 5.91 Å². The Morgan fingerprint density at radius 1 is 1.00 bits per heavy atom. The normalized spacial score (nSPS) is 10.2. The van der Waals surface area contributed by atoms with Gasteiger partial charge in [-0.1, -0.05) is 32.0 Å². The molecule has 0 saturated carbocycles. The van der Waals surface area contributed by atoms with Crippen molar-refractivity contribution in [3.8, 4) is 5.75 Å². The van der Waals surface area contributed by atoms with Crippen LogP contribution < -0.4 is 10.1 Å². The van der Waals surface area contributed by atoms with Crippen molar-refractivity contribution < 1.29 is 9.53 Å². The lowest BCUT2D eigenvalue weighted by Gasteiger charge is -2.14. The second kappa shape index (κ2) is 6.93. The molecule has 0 heterocycles. The summed E-state index contributed by atoms with van der Waals surface area (Å²) >= 11 is 0. The summed E-state index contributed by atoms with van der Waals surface area (Å²) in [5.41, 5.74) is 3.90. The highest BCUT2D eigenvalue weighted by atomic mass is 16.5. The first-order valence-electron chi connectivity index (χ1n) is 7.25. The van der Waals surface area contributed by atoms with E-state index in [2.05, 4.69) is 31.3 Å². The fraction of sp³-hybridized carbons (Fsp3) is 0.278. The van der Waals surface area contributed by atoms with Gasteiger partial charge >= 0.3 is 0 Å². The summed E-state index contributed by atoms with van der Waals surface area (Å²) in [5.74, 6) is 0.656. The van der Waals surface area contributed by atoms with Crippen LogP contribution in [0.5, 0.6) is 5.75 Å². The molecule has 0 spiro atoms. The molecule has 0 aliphatic rings. The van der Waals surface area contributed by atoms with Gasteiger partial charge < -0.3 is 10.1 Å². The van der Waals surface area contributed by atoms with E-state index in [9.17, 15) is 4.79 Å². The zero-order chi connectivity index (χ0) is 15.2. The second-order valence-electron chi connectivity index (χ2n) is 4.84. The van der Waals surface area contributed by atoms with Gasteiger partial charge in [-0.25, -0.2) is 0 Å². The molecular weight excluding hydrogens is 262 g/mol. The molecule has 3 nitrogen and oxygen atoms in total. The van der Waals surface area contributed by atoms with Crippen LogP contribution in [-0.4, -0.2) is 13.0 Å². The van der Waals surface area contributed by atoms with E-state index < -0.39 is 0 Å². The molecule has 3 heteroatoms. The molecule has 1 N–H and O–H groups in total. The summed E-state index contributed by atoms with van der Waals surface area (Å²) in [4.78, 5) is 12.4. The topological polar surface area (TPSA) is 38.3 Å². The highest BCUT2D eigenvalue weighted by Crippen LogP contribution is 2.23. The zero-order valence-corrected chi connectivity index (χ0v) is 12.8. The molecule has 2 aromatic carbocycles. The largest absolute Gasteiger partial charge is 0.497 e. The Kier molecular flexibility index (Phi) is 4.99. The quantitative estimate of drug-likeness (QED) is 0.898. The van der Waals surface area contributed by atoms with E-state index in [0.717, 1.165) is 35.4 Å². The van der Waals surface area contributed by atoms with Gasteiger partial charge in [0, 0.05) is 11.3 Å². The van der Waals surface area contributed by atoms with Gasteiger partial charge in [0.2, 0.25) is 0 Å². The monoisotopic (exact) mass is 283 g/mol. The van der Waals surface area contributed by atoms with E-state index in [1.165, 1.54) is 0 Å². The molecular formula is C18H21NO2. The Morgan fingerprint density at radius 2 is 1.57 bits per heavy atom. The minimum atomic E-state index is -0.0896. The molecule has 2 rings (SSSR count). The first kappa shape index (κ1) is 15.1. The molecule has 0 atom stereocenters. The molecule has 2 aromatic rings. The number of anilines is 1. The van der Waals surface area contributed by atoms with Gasteiger partial charge in [-0.05, 0) is 48.2 Å². The molecule has 0 fully saturated rings. The average molecular weight is 283 g/mol. The summed E-state index contributed by atoms with van der Waals surface area (Å²) in [5, 5.41) is 3.05. The molecule has 21 heavy (non-hydrogen) atoms. The van der Waals surface area contributed by atoms with E-state index in [1.54, 1.807) is 31.4 Å². The number of carbonyl (C=O) groups excluding carboxylic acids is 1. The fourth-order valence-corrected chi connectivity index (χ4v) is 2.33. The molecule has 0 radical (unpaired) electrons. The predicted octanol–water partition coefficient (Wildman–Crippen LogP) is 4.07. The minimum Gasteiger partial charge on any atom is -0.497 e. The van der Waals surface area contributed by atoms with Crippen molar-refractivity contribution >= 4 is 11.6 Å². The summed E-state index contributed by atoms with van der Waals surface area (Å²) in [7, 11) is 1.61.